The van der Waals surface area contributed by atoms with Crippen molar-refractivity contribution in [2.75, 3.05) is 17.8 Å². The second-order valence-corrected chi connectivity index (χ2v) is 4.20. The van der Waals surface area contributed by atoms with Crippen LogP contribution in [0.5, 0.6) is 0 Å². The Morgan fingerprint density at radius 1 is 1.25 bits per heavy atom. The molecule has 0 rings (SSSR count). The third-order valence-electron chi connectivity index (χ3n) is 1.46. The highest BCUT2D eigenvalue weighted by atomic mass is 32.2. The van der Waals surface area contributed by atoms with Crippen LogP contribution in [0.15, 0.2) is 0 Å². The minimum atomic E-state index is -1.00. The second kappa shape index (κ2) is 11.1. The molecule has 0 aromatic carbocycles. The minimum Gasteiger partial charge on any atom is -0.480 e. The number of hydrogen-bond acceptors (Lipinski definition) is 6. The molecular weight excluding hydrogens is 252 g/mol. The van der Waals surface area contributed by atoms with Crippen molar-refractivity contribution in [2.45, 2.75) is 18.5 Å². The number of thiol groups is 1. The van der Waals surface area contributed by atoms with Gasteiger partial charge in [-0.2, -0.15) is 24.4 Å². The topological polar surface area (TPSA) is 127 Å². The van der Waals surface area contributed by atoms with Gasteiger partial charge in [0.1, 0.15) is 12.1 Å². The zero-order valence-corrected chi connectivity index (χ0v) is 10.7. The first-order valence-corrected chi connectivity index (χ1v) is 6.46. The van der Waals surface area contributed by atoms with E-state index in [4.69, 9.17) is 21.7 Å². The van der Waals surface area contributed by atoms with Crippen molar-refractivity contribution in [3.05, 3.63) is 0 Å². The van der Waals surface area contributed by atoms with Crippen molar-refractivity contribution in [1.29, 1.82) is 0 Å². The van der Waals surface area contributed by atoms with Crippen LogP contribution in [0.1, 0.15) is 6.42 Å². The Bertz CT molecular complexity index is 216. The number of aliphatic carboxylic acids is 2. The average molecular weight is 270 g/mol. The van der Waals surface area contributed by atoms with Gasteiger partial charge in [-0.05, 0) is 18.4 Å². The molecule has 0 bridgehead atoms. The molecule has 0 aliphatic carbocycles. The van der Waals surface area contributed by atoms with Crippen LogP contribution in [0.2, 0.25) is 0 Å². The lowest BCUT2D eigenvalue weighted by Gasteiger charge is -2.02. The lowest BCUT2D eigenvalue weighted by atomic mass is 10.2. The van der Waals surface area contributed by atoms with Gasteiger partial charge >= 0.3 is 11.9 Å². The maximum absolute atomic E-state index is 10.1. The van der Waals surface area contributed by atoms with Crippen molar-refractivity contribution >= 4 is 36.3 Å². The summed E-state index contributed by atoms with van der Waals surface area (Å²) >= 11 is 5.25. The standard InChI is InChI=1S/C5H11NO2S.C3H7NO2S/c1-9-3-2-4(6)5(7)8;4-2(1-7)3(5)6/h4H,2-3,6H2,1H3,(H,7,8);2,7H,1,4H2,(H,5,6)/t4-;/m0./s1. The Morgan fingerprint density at radius 3 is 1.88 bits per heavy atom. The first-order valence-electron chi connectivity index (χ1n) is 4.43. The summed E-state index contributed by atoms with van der Waals surface area (Å²) < 4.78 is 0. The smallest absolute Gasteiger partial charge is 0.321 e. The first kappa shape index (κ1) is 17.9. The fraction of sp³-hybridized carbons (Fsp3) is 0.750. The monoisotopic (exact) mass is 270 g/mol. The normalized spacial score (nSPS) is 13.2. The highest BCUT2D eigenvalue weighted by Crippen LogP contribution is 1.97. The number of thioether (sulfide) groups is 1. The Morgan fingerprint density at radius 2 is 1.69 bits per heavy atom. The molecule has 6 N–H and O–H groups in total. The van der Waals surface area contributed by atoms with Gasteiger partial charge in [-0.25, -0.2) is 0 Å². The van der Waals surface area contributed by atoms with Gasteiger partial charge in [0.05, 0.1) is 0 Å². The van der Waals surface area contributed by atoms with Crippen LogP contribution in [0, 0.1) is 0 Å². The maximum Gasteiger partial charge on any atom is 0.321 e. The predicted molar refractivity (Wildman–Crippen MR) is 68.1 cm³/mol. The molecule has 0 radical (unpaired) electrons. The summed E-state index contributed by atoms with van der Waals surface area (Å²) in [6, 6.07) is -1.50. The quantitative estimate of drug-likeness (QED) is 0.411. The fourth-order valence-electron chi connectivity index (χ4n) is 0.446. The predicted octanol–water partition coefficient (Wildman–Crippen LogP) is -0.520. The Kier molecular flexibility index (Phi) is 12.4. The van der Waals surface area contributed by atoms with E-state index in [-0.39, 0.29) is 5.75 Å². The molecule has 0 spiro atoms. The number of carbonyl (C=O) groups is 2. The number of hydrogen-bond donors (Lipinski definition) is 5. The van der Waals surface area contributed by atoms with Gasteiger partial charge in [-0.15, -0.1) is 0 Å². The summed E-state index contributed by atoms with van der Waals surface area (Å²) in [4.78, 5) is 19.8. The van der Waals surface area contributed by atoms with E-state index < -0.39 is 24.0 Å². The van der Waals surface area contributed by atoms with E-state index in [1.807, 2.05) is 6.26 Å². The highest BCUT2D eigenvalue weighted by Gasteiger charge is 2.09. The van der Waals surface area contributed by atoms with E-state index >= 15 is 0 Å². The van der Waals surface area contributed by atoms with E-state index in [9.17, 15) is 9.59 Å². The van der Waals surface area contributed by atoms with Crippen LogP contribution < -0.4 is 11.5 Å². The van der Waals surface area contributed by atoms with Crippen LogP contribution in [-0.4, -0.2) is 52.0 Å². The van der Waals surface area contributed by atoms with E-state index in [0.29, 0.717) is 6.42 Å². The third kappa shape index (κ3) is 11.6. The molecule has 0 aromatic rings. The fourth-order valence-corrected chi connectivity index (χ4v) is 1.09. The summed E-state index contributed by atoms with van der Waals surface area (Å²) in [5, 5.41) is 16.3. The minimum absolute atomic E-state index is 0.190. The molecule has 6 nitrogen and oxygen atoms in total. The van der Waals surface area contributed by atoms with Crippen molar-refractivity contribution in [1.82, 2.24) is 0 Å². The van der Waals surface area contributed by atoms with Crippen LogP contribution in [0.3, 0.4) is 0 Å². The largest absolute Gasteiger partial charge is 0.480 e. The summed E-state index contributed by atoms with van der Waals surface area (Å²) in [6.07, 6.45) is 2.48. The van der Waals surface area contributed by atoms with E-state index in [1.165, 1.54) is 0 Å². The summed E-state index contributed by atoms with van der Waals surface area (Å²) in [7, 11) is 0. The SMILES string of the molecule is CSCC[C@H](N)C(=O)O.NC(CS)C(=O)O. The molecule has 0 saturated carbocycles. The lowest BCUT2D eigenvalue weighted by Crippen LogP contribution is -2.31. The van der Waals surface area contributed by atoms with Gasteiger partial charge in [-0.3, -0.25) is 9.59 Å². The van der Waals surface area contributed by atoms with Crippen molar-refractivity contribution in [2.24, 2.45) is 11.5 Å². The van der Waals surface area contributed by atoms with Gasteiger partial charge in [0.25, 0.3) is 0 Å². The molecule has 96 valence electrons. The highest BCUT2D eigenvalue weighted by molar-refractivity contribution is 7.98. The van der Waals surface area contributed by atoms with Crippen LogP contribution in [-0.2, 0) is 9.59 Å². The summed E-state index contributed by atoms with van der Waals surface area (Å²) in [6.45, 7) is 0. The van der Waals surface area contributed by atoms with Crippen molar-refractivity contribution in [3.63, 3.8) is 0 Å². The van der Waals surface area contributed by atoms with Gasteiger partial charge in [0, 0.05) is 5.75 Å². The summed E-state index contributed by atoms with van der Waals surface area (Å²) in [5.74, 6) is -0.915. The zero-order chi connectivity index (χ0) is 13.1. The Hall–Kier alpha value is -0.440. The molecule has 0 heterocycles. The molecule has 0 amide bonds. The van der Waals surface area contributed by atoms with Crippen LogP contribution in [0.25, 0.3) is 0 Å². The van der Waals surface area contributed by atoms with Gasteiger partial charge < -0.3 is 21.7 Å². The molecular formula is C8H18N2O4S2. The molecule has 0 aromatic heterocycles. The van der Waals surface area contributed by atoms with E-state index in [2.05, 4.69) is 12.6 Å². The molecule has 0 aliphatic rings. The Balaban J connectivity index is 0. The van der Waals surface area contributed by atoms with Gasteiger partial charge in [0.15, 0.2) is 0 Å². The third-order valence-corrected chi connectivity index (χ3v) is 2.50. The van der Waals surface area contributed by atoms with E-state index in [0.717, 1.165) is 5.75 Å². The maximum atomic E-state index is 10.1. The molecule has 0 saturated heterocycles. The molecule has 0 aliphatic heterocycles. The van der Waals surface area contributed by atoms with Crippen molar-refractivity contribution in [3.8, 4) is 0 Å². The first-order chi connectivity index (χ1) is 7.36. The molecule has 0 fully saturated rings. The summed E-state index contributed by atoms with van der Waals surface area (Å²) in [5.41, 5.74) is 10.1. The Labute approximate surface area is 104 Å². The second-order valence-electron chi connectivity index (χ2n) is 2.85. The van der Waals surface area contributed by atoms with E-state index in [1.54, 1.807) is 11.8 Å². The van der Waals surface area contributed by atoms with Gasteiger partial charge in [-0.1, -0.05) is 0 Å². The molecule has 16 heavy (non-hydrogen) atoms. The van der Waals surface area contributed by atoms with Crippen molar-refractivity contribution < 1.29 is 19.8 Å². The average Bonchev–Trinajstić information content (AvgIpc) is 2.25. The van der Waals surface area contributed by atoms with Gasteiger partial charge in [0.2, 0.25) is 0 Å². The molecule has 2 atom stereocenters. The number of rotatable bonds is 6. The number of nitrogens with two attached hydrogens (primary N) is 2. The van der Waals surface area contributed by atoms with Crippen LogP contribution >= 0.6 is 24.4 Å². The molecule has 8 heteroatoms. The van der Waals surface area contributed by atoms with Crippen LogP contribution in [0.4, 0.5) is 0 Å². The molecule has 1 unspecified atom stereocenters. The number of carboxylic acids is 2. The number of carboxylic acid groups (broad SMARTS) is 2. The lowest BCUT2D eigenvalue weighted by molar-refractivity contribution is -0.139. The zero-order valence-electron chi connectivity index (χ0n) is 9.00.